The zero-order valence-corrected chi connectivity index (χ0v) is 26.6. The molecule has 2 amide bonds. The van der Waals surface area contributed by atoms with Gasteiger partial charge >= 0.3 is 0 Å². The first-order valence-corrected chi connectivity index (χ1v) is 16.7. The summed E-state index contributed by atoms with van der Waals surface area (Å²) in [5.74, 6) is 0.738. The van der Waals surface area contributed by atoms with Gasteiger partial charge in [-0.1, -0.05) is 13.8 Å². The number of hydrogen-bond donors (Lipinski definition) is 1. The molecule has 2 unspecified atom stereocenters. The number of carbonyl (C=O) groups is 2. The first-order valence-electron chi connectivity index (χ1n) is 16.7. The number of likely N-dealkylation sites (tertiary alicyclic amines) is 2. The van der Waals surface area contributed by atoms with Crippen LogP contribution in [-0.2, 0) is 16.1 Å². The molecule has 4 aliphatic rings. The van der Waals surface area contributed by atoms with Gasteiger partial charge in [-0.3, -0.25) is 9.59 Å². The Morgan fingerprint density at radius 3 is 2.46 bits per heavy atom. The SMILES string of the molecule is CC(C)c1ccc(-c2ccc(Oc3cc(C(=O)NC4CCN(C5CCOCC5)CC4)c(F)cc3CN3CC4CC4C3=O)cc2)nn1. The van der Waals surface area contributed by atoms with E-state index in [-0.39, 0.29) is 30.0 Å². The number of piperidine rings is 2. The van der Waals surface area contributed by atoms with Gasteiger partial charge in [0.2, 0.25) is 5.91 Å². The number of ether oxygens (including phenoxy) is 2. The van der Waals surface area contributed by atoms with E-state index in [1.807, 2.05) is 36.4 Å². The molecule has 4 heterocycles. The summed E-state index contributed by atoms with van der Waals surface area (Å²) in [6, 6.07) is 14.7. The lowest BCUT2D eigenvalue weighted by atomic mass is 9.99. The summed E-state index contributed by atoms with van der Waals surface area (Å²) >= 11 is 0. The minimum Gasteiger partial charge on any atom is -0.457 e. The van der Waals surface area contributed by atoms with Crippen LogP contribution in [0.25, 0.3) is 11.3 Å². The zero-order chi connectivity index (χ0) is 31.8. The number of hydrogen-bond acceptors (Lipinski definition) is 7. The Hall–Kier alpha value is -3.89. The number of halogens is 1. The average Bonchev–Trinajstić information content (AvgIpc) is 3.78. The second-order valence-corrected chi connectivity index (χ2v) is 13.5. The molecule has 0 spiro atoms. The number of amides is 2. The fourth-order valence-electron chi connectivity index (χ4n) is 7.04. The number of fused-ring (bicyclic) bond motifs is 1. The van der Waals surface area contributed by atoms with Crippen molar-refractivity contribution >= 4 is 11.8 Å². The summed E-state index contributed by atoms with van der Waals surface area (Å²) in [6.07, 6.45) is 4.68. The van der Waals surface area contributed by atoms with Gasteiger partial charge in [0.25, 0.3) is 5.91 Å². The van der Waals surface area contributed by atoms with Gasteiger partial charge < -0.3 is 24.6 Å². The smallest absolute Gasteiger partial charge is 0.254 e. The molecule has 0 radical (unpaired) electrons. The second-order valence-electron chi connectivity index (χ2n) is 13.5. The molecule has 1 saturated carbocycles. The first-order chi connectivity index (χ1) is 22.3. The normalized spacial score (nSPS) is 22.3. The van der Waals surface area contributed by atoms with Crippen LogP contribution in [0.3, 0.4) is 0 Å². The maximum atomic E-state index is 15.6. The summed E-state index contributed by atoms with van der Waals surface area (Å²) in [5.41, 5.74) is 3.05. The van der Waals surface area contributed by atoms with Crippen molar-refractivity contribution in [1.82, 2.24) is 25.3 Å². The lowest BCUT2D eigenvalue weighted by molar-refractivity contribution is -0.130. The Kier molecular flexibility index (Phi) is 8.74. The summed E-state index contributed by atoms with van der Waals surface area (Å²) < 4.78 is 27.4. The fraction of sp³-hybridized carbons (Fsp3) is 0.500. The molecular weight excluding hydrogens is 585 g/mol. The van der Waals surface area contributed by atoms with Crippen LogP contribution in [0.2, 0.25) is 0 Å². The molecule has 2 atom stereocenters. The van der Waals surface area contributed by atoms with E-state index in [9.17, 15) is 9.59 Å². The first kappa shape index (κ1) is 30.7. The Bertz CT molecular complexity index is 1570. The van der Waals surface area contributed by atoms with Crippen LogP contribution in [0.15, 0.2) is 48.5 Å². The summed E-state index contributed by atoms with van der Waals surface area (Å²) in [6.45, 7) is 8.48. The molecule has 10 heteroatoms. The van der Waals surface area contributed by atoms with E-state index >= 15 is 4.39 Å². The van der Waals surface area contributed by atoms with Crippen LogP contribution in [0.1, 0.15) is 73.5 Å². The zero-order valence-electron chi connectivity index (χ0n) is 26.6. The van der Waals surface area contributed by atoms with Crippen LogP contribution in [0.4, 0.5) is 4.39 Å². The van der Waals surface area contributed by atoms with Crippen molar-refractivity contribution in [1.29, 1.82) is 0 Å². The van der Waals surface area contributed by atoms with Crippen LogP contribution in [0, 0.1) is 17.7 Å². The highest BCUT2D eigenvalue weighted by Crippen LogP contribution is 2.46. The number of nitrogens with zero attached hydrogens (tertiary/aromatic N) is 4. The molecule has 46 heavy (non-hydrogen) atoms. The maximum absolute atomic E-state index is 15.6. The van der Waals surface area contributed by atoms with Gasteiger partial charge in [0.05, 0.1) is 17.0 Å². The number of carbonyl (C=O) groups excluding carboxylic acids is 2. The maximum Gasteiger partial charge on any atom is 0.254 e. The highest BCUT2D eigenvalue weighted by molar-refractivity contribution is 5.95. The van der Waals surface area contributed by atoms with Gasteiger partial charge in [0.15, 0.2) is 0 Å². The van der Waals surface area contributed by atoms with Crippen molar-refractivity contribution in [3.63, 3.8) is 0 Å². The van der Waals surface area contributed by atoms with Crippen LogP contribution in [0.5, 0.6) is 11.5 Å². The Balaban J connectivity index is 1.07. The molecule has 1 N–H and O–H groups in total. The molecule has 242 valence electrons. The van der Waals surface area contributed by atoms with E-state index < -0.39 is 11.7 Å². The van der Waals surface area contributed by atoms with Crippen molar-refractivity contribution < 1.29 is 23.5 Å². The van der Waals surface area contributed by atoms with Gasteiger partial charge in [-0.25, -0.2) is 4.39 Å². The summed E-state index contributed by atoms with van der Waals surface area (Å²) in [5, 5.41) is 11.8. The standard InChI is InChI=1S/C36H42FN5O4/c1-22(2)32-7-8-33(40-39-32)23-3-5-28(6-4-23)46-34-19-30(31(37)18-25(34)21-42-20-24-17-29(24)36(42)44)35(43)38-26-9-13-41(14-10-26)27-11-15-45-16-12-27/h3-8,18-19,22,24,26-27,29H,9-17,20-21H2,1-2H3,(H,38,43). The van der Waals surface area contributed by atoms with Crippen molar-refractivity contribution in [2.45, 2.75) is 70.5 Å². The quantitative estimate of drug-likeness (QED) is 0.332. The van der Waals surface area contributed by atoms with E-state index in [1.54, 1.807) is 4.90 Å². The van der Waals surface area contributed by atoms with Gasteiger partial charge in [-0.15, -0.1) is 0 Å². The molecule has 2 aromatic carbocycles. The molecule has 0 bridgehead atoms. The third-order valence-corrected chi connectivity index (χ3v) is 9.99. The van der Waals surface area contributed by atoms with Crippen molar-refractivity contribution in [3.8, 4) is 22.8 Å². The van der Waals surface area contributed by atoms with Crippen LogP contribution >= 0.6 is 0 Å². The number of rotatable bonds is 9. The monoisotopic (exact) mass is 627 g/mol. The number of nitrogens with one attached hydrogen (secondary N) is 1. The van der Waals surface area contributed by atoms with E-state index in [2.05, 4.69) is 34.3 Å². The van der Waals surface area contributed by atoms with Gasteiger partial charge in [0, 0.05) is 68.5 Å². The van der Waals surface area contributed by atoms with Crippen LogP contribution < -0.4 is 10.1 Å². The highest BCUT2D eigenvalue weighted by atomic mass is 19.1. The summed E-state index contributed by atoms with van der Waals surface area (Å²) in [4.78, 5) is 30.5. The predicted molar refractivity (Wildman–Crippen MR) is 171 cm³/mol. The molecule has 3 aliphatic heterocycles. The molecule has 9 nitrogen and oxygen atoms in total. The van der Waals surface area contributed by atoms with Crippen molar-refractivity contribution in [2.24, 2.45) is 11.8 Å². The van der Waals surface area contributed by atoms with Gasteiger partial charge in [0.1, 0.15) is 17.3 Å². The molecule has 7 rings (SSSR count). The van der Waals surface area contributed by atoms with E-state index in [0.717, 1.165) is 75.4 Å². The van der Waals surface area contributed by atoms with E-state index in [4.69, 9.17) is 9.47 Å². The fourth-order valence-corrected chi connectivity index (χ4v) is 7.04. The Morgan fingerprint density at radius 2 is 1.80 bits per heavy atom. The molecule has 1 aliphatic carbocycles. The minimum atomic E-state index is -0.616. The van der Waals surface area contributed by atoms with Gasteiger partial charge in [-0.2, -0.15) is 10.2 Å². The largest absolute Gasteiger partial charge is 0.457 e. The predicted octanol–water partition coefficient (Wildman–Crippen LogP) is 5.55. The molecule has 3 saturated heterocycles. The van der Waals surface area contributed by atoms with Crippen molar-refractivity contribution in [2.75, 3.05) is 32.8 Å². The number of benzene rings is 2. The Morgan fingerprint density at radius 1 is 1.04 bits per heavy atom. The average molecular weight is 628 g/mol. The van der Waals surface area contributed by atoms with Crippen molar-refractivity contribution in [3.05, 3.63) is 71.2 Å². The molecule has 3 aromatic rings. The lowest BCUT2D eigenvalue weighted by Crippen LogP contribution is -2.49. The van der Waals surface area contributed by atoms with Crippen LogP contribution in [-0.4, -0.2) is 76.7 Å². The minimum absolute atomic E-state index is 0.0220. The Labute approximate surface area is 269 Å². The summed E-state index contributed by atoms with van der Waals surface area (Å²) in [7, 11) is 0. The third kappa shape index (κ3) is 6.64. The van der Waals surface area contributed by atoms with Gasteiger partial charge in [-0.05, 0) is 92.5 Å². The van der Waals surface area contributed by atoms with E-state index in [1.165, 1.54) is 12.1 Å². The van der Waals surface area contributed by atoms with E-state index in [0.29, 0.717) is 41.5 Å². The second kappa shape index (κ2) is 13.1. The number of aromatic nitrogens is 2. The molecule has 1 aromatic heterocycles. The molecular formula is C36H42FN5O4. The highest BCUT2D eigenvalue weighted by Gasteiger charge is 2.52. The topological polar surface area (TPSA) is 96.9 Å². The lowest BCUT2D eigenvalue weighted by Gasteiger charge is -2.39. The third-order valence-electron chi connectivity index (χ3n) is 9.99. The molecule has 4 fully saturated rings.